The van der Waals surface area contributed by atoms with Crippen molar-refractivity contribution in [1.82, 2.24) is 4.98 Å². The molecular weight excluding hydrogens is 462 g/mol. The predicted octanol–water partition coefficient (Wildman–Crippen LogP) is 2.96. The summed E-state index contributed by atoms with van der Waals surface area (Å²) in [4.78, 5) is 17.4. The van der Waals surface area contributed by atoms with Crippen LogP contribution in [-0.4, -0.2) is 43.5 Å². The van der Waals surface area contributed by atoms with Gasteiger partial charge in [-0.1, -0.05) is 22.9 Å². The molecule has 0 aliphatic rings. The van der Waals surface area contributed by atoms with Gasteiger partial charge in [0.05, 0.1) is 11.3 Å². The molecule has 0 aliphatic carbocycles. The van der Waals surface area contributed by atoms with E-state index < -0.39 is 45.7 Å². The van der Waals surface area contributed by atoms with Crippen molar-refractivity contribution < 1.29 is 35.5 Å². The number of hydrogen-bond acceptors (Lipinski definition) is 6. The average Bonchev–Trinajstić information content (AvgIpc) is 2.93. The van der Waals surface area contributed by atoms with Crippen LogP contribution in [0.1, 0.15) is 13.3 Å². The topological polar surface area (TPSA) is 94.3 Å². The van der Waals surface area contributed by atoms with Crippen LogP contribution >= 0.6 is 22.9 Å². The van der Waals surface area contributed by atoms with Gasteiger partial charge in [-0.15, -0.1) is 0 Å². The van der Waals surface area contributed by atoms with Gasteiger partial charge in [0.15, 0.2) is 27.0 Å². The van der Waals surface area contributed by atoms with Crippen LogP contribution in [0.4, 0.5) is 22.6 Å². The lowest BCUT2D eigenvalue weighted by molar-refractivity contribution is -0.606. The van der Waals surface area contributed by atoms with Crippen LogP contribution in [0.25, 0.3) is 10.6 Å². The van der Waals surface area contributed by atoms with Gasteiger partial charge >= 0.3 is 6.18 Å². The Kier molecular flexibility index (Phi) is 7.06. The number of sulfone groups is 1. The van der Waals surface area contributed by atoms with Gasteiger partial charge in [0.25, 0.3) is 0 Å². The molecule has 1 amide bonds. The van der Waals surface area contributed by atoms with Crippen LogP contribution < -0.4 is 9.63 Å². The Hall–Kier alpha value is -1.99. The van der Waals surface area contributed by atoms with E-state index in [0.29, 0.717) is 6.20 Å². The third-order valence-corrected chi connectivity index (χ3v) is 6.60. The van der Waals surface area contributed by atoms with E-state index in [2.05, 4.69) is 4.98 Å². The smallest absolute Gasteiger partial charge is 0.402 e. The van der Waals surface area contributed by atoms with Crippen molar-refractivity contribution >= 4 is 43.7 Å². The summed E-state index contributed by atoms with van der Waals surface area (Å²) < 4.78 is 73.6. The number of amides is 1. The Morgan fingerprint density at radius 3 is 2.59 bits per heavy atom. The second-order valence-electron chi connectivity index (χ2n) is 5.81. The molecule has 29 heavy (non-hydrogen) atoms. The summed E-state index contributed by atoms with van der Waals surface area (Å²) >= 11 is 6.88. The summed E-state index contributed by atoms with van der Waals surface area (Å²) in [6.07, 6.45) is -3.84. The lowest BCUT2D eigenvalue weighted by Gasteiger charge is -2.19. The van der Waals surface area contributed by atoms with Crippen LogP contribution in [0.15, 0.2) is 18.5 Å². The SMILES string of the molecule is CCN(C(=O)CCS(=O)(=O)CC(F)(F)F)c1sc(-c2cc(F)c[n+]([O-])c2)nc1Cl. The van der Waals surface area contributed by atoms with Crippen LogP contribution in [0.2, 0.25) is 5.15 Å². The number of alkyl halides is 3. The fourth-order valence-electron chi connectivity index (χ4n) is 2.35. The standard InChI is InChI=1S/C15H14ClF4N3O4S2/c1-2-23(11(24)3-4-29(26,27)8-15(18,19)20)14-12(16)21-13(28-14)9-5-10(17)7-22(25)6-9/h5-7H,2-4,8H2,1H3. The lowest BCUT2D eigenvalue weighted by atomic mass is 10.3. The summed E-state index contributed by atoms with van der Waals surface area (Å²) in [6.45, 7) is 1.58. The normalized spacial score (nSPS) is 12.2. The van der Waals surface area contributed by atoms with Gasteiger partial charge in [-0.05, 0) is 13.0 Å². The number of anilines is 1. The number of halogens is 5. The number of nitrogens with zero attached hydrogens (tertiary/aromatic N) is 3. The van der Waals surface area contributed by atoms with Crippen molar-refractivity contribution in [3.05, 3.63) is 34.6 Å². The van der Waals surface area contributed by atoms with E-state index in [1.165, 1.54) is 0 Å². The van der Waals surface area contributed by atoms with Crippen LogP contribution in [0, 0.1) is 11.0 Å². The van der Waals surface area contributed by atoms with Crippen LogP contribution in [-0.2, 0) is 14.6 Å². The zero-order chi connectivity index (χ0) is 22.0. The lowest BCUT2D eigenvalue weighted by Crippen LogP contribution is -2.33. The van der Waals surface area contributed by atoms with E-state index in [9.17, 15) is 36.0 Å². The first-order valence-electron chi connectivity index (χ1n) is 7.95. The molecule has 0 spiro atoms. The molecule has 14 heteroatoms. The van der Waals surface area contributed by atoms with Crippen molar-refractivity contribution in [1.29, 1.82) is 0 Å². The second-order valence-corrected chi connectivity index (χ2v) is 9.33. The minimum Gasteiger partial charge on any atom is -0.619 e. The zero-order valence-corrected chi connectivity index (χ0v) is 17.1. The van der Waals surface area contributed by atoms with E-state index in [4.69, 9.17) is 11.6 Å². The molecule has 2 aromatic heterocycles. The van der Waals surface area contributed by atoms with Gasteiger partial charge in [-0.25, -0.2) is 17.8 Å². The molecule has 0 fully saturated rings. The number of hydrogen-bond donors (Lipinski definition) is 0. The Labute approximate surface area is 172 Å². The molecule has 0 unspecified atom stereocenters. The highest BCUT2D eigenvalue weighted by atomic mass is 35.5. The molecule has 7 nitrogen and oxygen atoms in total. The van der Waals surface area contributed by atoms with Crippen molar-refractivity contribution in [3.63, 3.8) is 0 Å². The van der Waals surface area contributed by atoms with Gasteiger partial charge < -0.3 is 10.1 Å². The quantitative estimate of drug-likeness (QED) is 0.348. The van der Waals surface area contributed by atoms with E-state index in [1.807, 2.05) is 0 Å². The van der Waals surface area contributed by atoms with Gasteiger partial charge in [0.1, 0.15) is 15.8 Å². The Morgan fingerprint density at radius 1 is 1.38 bits per heavy atom. The van der Waals surface area contributed by atoms with Crippen molar-refractivity contribution in [3.8, 4) is 10.6 Å². The first-order chi connectivity index (χ1) is 13.3. The Balaban J connectivity index is 2.21. The average molecular weight is 476 g/mol. The molecule has 0 saturated heterocycles. The maximum absolute atomic E-state index is 13.4. The van der Waals surface area contributed by atoms with E-state index >= 15 is 0 Å². The minimum absolute atomic E-state index is 0.0320. The van der Waals surface area contributed by atoms with E-state index in [0.717, 1.165) is 28.5 Å². The number of rotatable bonds is 7. The predicted molar refractivity (Wildman–Crippen MR) is 98.8 cm³/mol. The Morgan fingerprint density at radius 2 is 2.03 bits per heavy atom. The number of carbonyl (C=O) groups is 1. The third-order valence-electron chi connectivity index (χ3n) is 3.50. The summed E-state index contributed by atoms with van der Waals surface area (Å²) in [5.41, 5.74) is 0.106. The molecule has 0 saturated carbocycles. The molecule has 160 valence electrons. The molecule has 0 bridgehead atoms. The number of pyridine rings is 1. The summed E-state index contributed by atoms with van der Waals surface area (Å²) in [5, 5.41) is 11.4. The third kappa shape index (κ3) is 6.51. The molecule has 2 heterocycles. The van der Waals surface area contributed by atoms with Gasteiger partial charge in [-0.2, -0.15) is 17.9 Å². The molecule has 2 rings (SSSR count). The first kappa shape index (κ1) is 23.3. The van der Waals surface area contributed by atoms with Gasteiger partial charge in [0, 0.05) is 13.0 Å². The van der Waals surface area contributed by atoms with Crippen molar-refractivity contribution in [2.24, 2.45) is 0 Å². The highest BCUT2D eigenvalue weighted by Gasteiger charge is 2.35. The highest BCUT2D eigenvalue weighted by molar-refractivity contribution is 7.91. The number of carbonyl (C=O) groups excluding carboxylic acids is 1. The van der Waals surface area contributed by atoms with Crippen LogP contribution in [0.3, 0.4) is 0 Å². The fourth-order valence-corrected chi connectivity index (χ4v) is 4.85. The monoisotopic (exact) mass is 475 g/mol. The second kappa shape index (κ2) is 8.79. The molecule has 0 aliphatic heterocycles. The molecule has 0 radical (unpaired) electrons. The van der Waals surface area contributed by atoms with Crippen LogP contribution in [0.5, 0.6) is 0 Å². The summed E-state index contributed by atoms with van der Waals surface area (Å²) in [5.74, 6) is -4.58. The first-order valence-corrected chi connectivity index (χ1v) is 11.0. The number of aromatic nitrogens is 2. The maximum atomic E-state index is 13.4. The van der Waals surface area contributed by atoms with Crippen molar-refractivity contribution in [2.75, 3.05) is 23.0 Å². The maximum Gasteiger partial charge on any atom is 0.402 e. The molecule has 2 aromatic rings. The van der Waals surface area contributed by atoms with E-state index in [-0.39, 0.29) is 32.0 Å². The van der Waals surface area contributed by atoms with Gasteiger partial charge in [0.2, 0.25) is 12.1 Å². The zero-order valence-electron chi connectivity index (χ0n) is 14.7. The highest BCUT2D eigenvalue weighted by Crippen LogP contribution is 2.37. The molecule has 0 atom stereocenters. The van der Waals surface area contributed by atoms with Gasteiger partial charge in [-0.3, -0.25) is 4.79 Å². The fraction of sp³-hybridized carbons (Fsp3) is 0.400. The summed E-state index contributed by atoms with van der Waals surface area (Å²) in [6, 6.07) is 1.04. The summed E-state index contributed by atoms with van der Waals surface area (Å²) in [7, 11) is -4.51. The minimum atomic E-state index is -4.90. The largest absolute Gasteiger partial charge is 0.619 e. The molecule has 0 aromatic carbocycles. The molecule has 0 N–H and O–H groups in total. The molecular formula is C15H14ClF4N3O4S2. The van der Waals surface area contributed by atoms with Crippen molar-refractivity contribution in [2.45, 2.75) is 19.5 Å². The van der Waals surface area contributed by atoms with E-state index in [1.54, 1.807) is 6.92 Å². The number of thiazole rings is 1. The Bertz CT molecular complexity index is 991.